The minimum atomic E-state index is 0.0120. The van der Waals surface area contributed by atoms with Crippen molar-refractivity contribution in [2.75, 3.05) is 0 Å². The summed E-state index contributed by atoms with van der Waals surface area (Å²) in [6.45, 7) is 0. The largest absolute Gasteiger partial charge is 0.441 e. The second-order valence-corrected chi connectivity index (χ2v) is 5.69. The molecule has 1 unspecified atom stereocenters. The van der Waals surface area contributed by atoms with Gasteiger partial charge >= 0.3 is 0 Å². The lowest BCUT2D eigenvalue weighted by Gasteiger charge is -2.09. The molecule has 0 saturated carbocycles. The molecule has 0 radical (unpaired) electrons. The summed E-state index contributed by atoms with van der Waals surface area (Å²) in [7, 11) is 0. The highest BCUT2D eigenvalue weighted by Gasteiger charge is 2.10. The highest BCUT2D eigenvalue weighted by Crippen LogP contribution is 2.22. The fourth-order valence-electron chi connectivity index (χ4n) is 2.20. The summed E-state index contributed by atoms with van der Waals surface area (Å²) in [5, 5.41) is 0. The van der Waals surface area contributed by atoms with Crippen molar-refractivity contribution in [1.29, 1.82) is 0 Å². The Morgan fingerprint density at radius 1 is 1.15 bits per heavy atom. The van der Waals surface area contributed by atoms with Crippen molar-refractivity contribution in [2.24, 2.45) is 5.73 Å². The lowest BCUT2D eigenvalue weighted by molar-refractivity contribution is 0.501. The molecule has 1 atom stereocenters. The lowest BCUT2D eigenvalue weighted by atomic mass is 10.0. The molecule has 4 heteroatoms. The smallest absolute Gasteiger partial charge is 0.195 e. The van der Waals surface area contributed by atoms with Crippen LogP contribution in [0.15, 0.2) is 57.4 Å². The van der Waals surface area contributed by atoms with Crippen LogP contribution in [-0.2, 0) is 6.42 Å². The third-order valence-corrected chi connectivity index (χ3v) is 3.78. The Morgan fingerprint density at radius 2 is 1.95 bits per heavy atom. The first-order valence-corrected chi connectivity index (χ1v) is 7.37. The van der Waals surface area contributed by atoms with Gasteiger partial charge in [0.1, 0.15) is 5.52 Å². The molecule has 3 rings (SSSR count). The number of hydrogen-bond acceptors (Lipinski definition) is 3. The van der Waals surface area contributed by atoms with Crippen LogP contribution in [0.4, 0.5) is 0 Å². The van der Waals surface area contributed by atoms with E-state index in [0.717, 1.165) is 39.9 Å². The Balaban J connectivity index is 1.71. The molecule has 0 spiro atoms. The van der Waals surface area contributed by atoms with Crippen LogP contribution < -0.4 is 5.73 Å². The van der Waals surface area contributed by atoms with E-state index >= 15 is 0 Å². The average molecular weight is 331 g/mol. The van der Waals surface area contributed by atoms with Gasteiger partial charge in [-0.05, 0) is 30.2 Å². The summed E-state index contributed by atoms with van der Waals surface area (Å²) in [6.07, 6.45) is 1.56. The Kier molecular flexibility index (Phi) is 3.85. The normalized spacial score (nSPS) is 12.7. The Morgan fingerprint density at radius 3 is 2.75 bits per heavy atom. The Hall–Kier alpha value is -1.65. The third kappa shape index (κ3) is 2.92. The molecule has 0 fully saturated rings. The van der Waals surface area contributed by atoms with Gasteiger partial charge in [-0.1, -0.05) is 46.3 Å². The molecule has 102 valence electrons. The van der Waals surface area contributed by atoms with Crippen molar-refractivity contribution in [1.82, 2.24) is 4.98 Å². The fraction of sp³-hybridized carbons (Fsp3) is 0.188. The minimum Gasteiger partial charge on any atom is -0.441 e. The van der Waals surface area contributed by atoms with E-state index < -0.39 is 0 Å². The van der Waals surface area contributed by atoms with E-state index in [0.29, 0.717) is 0 Å². The van der Waals surface area contributed by atoms with E-state index in [-0.39, 0.29) is 6.04 Å². The molecule has 3 nitrogen and oxygen atoms in total. The fourth-order valence-corrected chi connectivity index (χ4v) is 2.55. The van der Waals surface area contributed by atoms with Crippen LogP contribution in [0, 0.1) is 0 Å². The van der Waals surface area contributed by atoms with Gasteiger partial charge in [-0.2, -0.15) is 0 Å². The first-order chi connectivity index (χ1) is 9.72. The van der Waals surface area contributed by atoms with Crippen molar-refractivity contribution in [3.05, 3.63) is 64.5 Å². The lowest BCUT2D eigenvalue weighted by Crippen LogP contribution is -2.11. The maximum Gasteiger partial charge on any atom is 0.195 e. The molecule has 20 heavy (non-hydrogen) atoms. The summed E-state index contributed by atoms with van der Waals surface area (Å²) in [4.78, 5) is 4.49. The van der Waals surface area contributed by atoms with Gasteiger partial charge in [0.15, 0.2) is 11.5 Å². The summed E-state index contributed by atoms with van der Waals surface area (Å²) in [5.41, 5.74) is 9.02. The minimum absolute atomic E-state index is 0.0120. The van der Waals surface area contributed by atoms with Crippen LogP contribution in [0.1, 0.15) is 23.9 Å². The van der Waals surface area contributed by atoms with Crippen LogP contribution in [0.25, 0.3) is 11.1 Å². The van der Waals surface area contributed by atoms with Crippen molar-refractivity contribution in [3.63, 3.8) is 0 Å². The summed E-state index contributed by atoms with van der Waals surface area (Å²) >= 11 is 3.43. The number of nitrogens with zero attached hydrogens (tertiary/aromatic N) is 1. The molecule has 0 bridgehead atoms. The molecule has 0 amide bonds. The number of hydrogen-bond donors (Lipinski definition) is 1. The van der Waals surface area contributed by atoms with Crippen LogP contribution in [0.5, 0.6) is 0 Å². The topological polar surface area (TPSA) is 52.0 Å². The highest BCUT2D eigenvalue weighted by atomic mass is 79.9. The van der Waals surface area contributed by atoms with E-state index in [2.05, 4.69) is 20.9 Å². The first kappa shape index (κ1) is 13.3. The predicted molar refractivity (Wildman–Crippen MR) is 83.4 cm³/mol. The van der Waals surface area contributed by atoms with E-state index in [4.69, 9.17) is 10.2 Å². The molecule has 1 heterocycles. The van der Waals surface area contributed by atoms with E-state index in [1.54, 1.807) is 0 Å². The standard InChI is InChI=1S/C16H15BrN2O/c17-12-6-8-15-14(10-12)19-16(20-15)9-7-13(18)11-4-2-1-3-5-11/h1-6,8,10,13H,7,9,18H2. The van der Waals surface area contributed by atoms with Gasteiger partial charge in [0.05, 0.1) is 0 Å². The summed E-state index contributed by atoms with van der Waals surface area (Å²) in [6, 6.07) is 16.0. The molecule has 0 aliphatic carbocycles. The molecule has 3 aromatic rings. The molecule has 0 saturated heterocycles. The highest BCUT2D eigenvalue weighted by molar-refractivity contribution is 9.10. The summed E-state index contributed by atoms with van der Waals surface area (Å²) < 4.78 is 6.73. The van der Waals surface area contributed by atoms with Crippen LogP contribution in [0.2, 0.25) is 0 Å². The molecule has 1 aromatic heterocycles. The molecule has 2 N–H and O–H groups in total. The molecule has 0 aliphatic rings. The van der Waals surface area contributed by atoms with Crippen molar-refractivity contribution >= 4 is 27.0 Å². The van der Waals surface area contributed by atoms with Crippen LogP contribution in [-0.4, -0.2) is 4.98 Å². The SMILES string of the molecule is NC(CCc1nc2cc(Br)ccc2o1)c1ccccc1. The zero-order valence-electron chi connectivity index (χ0n) is 10.9. The number of fused-ring (bicyclic) bond motifs is 1. The van der Waals surface area contributed by atoms with Crippen molar-refractivity contribution < 1.29 is 4.42 Å². The first-order valence-electron chi connectivity index (χ1n) is 6.58. The maximum absolute atomic E-state index is 6.18. The average Bonchev–Trinajstić information content (AvgIpc) is 2.87. The van der Waals surface area contributed by atoms with Gasteiger partial charge in [-0.3, -0.25) is 0 Å². The molecular formula is C16H15BrN2O. The van der Waals surface area contributed by atoms with E-state index in [1.807, 2.05) is 48.5 Å². The second kappa shape index (κ2) is 5.77. The zero-order valence-corrected chi connectivity index (χ0v) is 12.5. The van der Waals surface area contributed by atoms with Gasteiger partial charge in [-0.25, -0.2) is 4.98 Å². The molecule has 0 aliphatic heterocycles. The van der Waals surface area contributed by atoms with Gasteiger partial charge in [0.2, 0.25) is 0 Å². The van der Waals surface area contributed by atoms with E-state index in [9.17, 15) is 0 Å². The van der Waals surface area contributed by atoms with Crippen molar-refractivity contribution in [2.45, 2.75) is 18.9 Å². The quantitative estimate of drug-likeness (QED) is 0.779. The van der Waals surface area contributed by atoms with Gasteiger partial charge < -0.3 is 10.2 Å². The zero-order chi connectivity index (χ0) is 13.9. The Labute approximate surface area is 125 Å². The maximum atomic E-state index is 6.18. The molecular weight excluding hydrogens is 316 g/mol. The number of aromatic nitrogens is 1. The number of halogens is 1. The summed E-state index contributed by atoms with van der Waals surface area (Å²) in [5.74, 6) is 0.740. The predicted octanol–water partition coefficient (Wildman–Crippen LogP) is 4.22. The number of rotatable bonds is 4. The van der Waals surface area contributed by atoms with Gasteiger partial charge in [-0.15, -0.1) is 0 Å². The second-order valence-electron chi connectivity index (χ2n) is 4.78. The van der Waals surface area contributed by atoms with E-state index in [1.165, 1.54) is 0 Å². The number of nitrogens with two attached hydrogens (primary N) is 1. The van der Waals surface area contributed by atoms with Crippen LogP contribution in [0.3, 0.4) is 0 Å². The van der Waals surface area contributed by atoms with Crippen LogP contribution >= 0.6 is 15.9 Å². The molecule has 2 aromatic carbocycles. The third-order valence-electron chi connectivity index (χ3n) is 3.29. The van der Waals surface area contributed by atoms with Gasteiger partial charge in [0, 0.05) is 16.9 Å². The van der Waals surface area contributed by atoms with Crippen molar-refractivity contribution in [3.8, 4) is 0 Å². The Bertz CT molecular complexity index is 709. The number of aryl methyl sites for hydroxylation is 1. The number of benzene rings is 2. The number of oxazole rings is 1. The monoisotopic (exact) mass is 330 g/mol. The van der Waals surface area contributed by atoms with Gasteiger partial charge in [0.25, 0.3) is 0 Å².